The van der Waals surface area contributed by atoms with Gasteiger partial charge < -0.3 is 9.84 Å². The minimum absolute atomic E-state index is 0.376. The number of benzene rings is 3. The molecule has 3 rings (SSSR count). The van der Waals surface area contributed by atoms with Crippen LogP contribution in [0.5, 0.6) is 5.75 Å². The summed E-state index contributed by atoms with van der Waals surface area (Å²) in [4.78, 5) is 11.2. The van der Waals surface area contributed by atoms with E-state index in [2.05, 4.69) is 28.1 Å². The van der Waals surface area contributed by atoms with Crippen LogP contribution in [0.15, 0.2) is 77.3 Å². The molecule has 0 saturated heterocycles. The molecule has 1 atom stereocenters. The maximum atomic E-state index is 11.2. The molecule has 0 aliphatic heterocycles. The average Bonchev–Trinajstić information content (AvgIpc) is 2.72. The Morgan fingerprint density at radius 1 is 1.07 bits per heavy atom. The summed E-state index contributed by atoms with van der Waals surface area (Å²) in [6.45, 7) is 3.96. The van der Waals surface area contributed by atoms with Crippen molar-refractivity contribution >= 4 is 39.1 Å². The second-order valence-electron chi connectivity index (χ2n) is 7.02. The Balaban J connectivity index is 1.82. The molecule has 3 aromatic carbocycles. The molecule has 0 heterocycles. The van der Waals surface area contributed by atoms with Crippen LogP contribution < -0.4 is 4.74 Å². The van der Waals surface area contributed by atoms with Gasteiger partial charge >= 0.3 is 5.97 Å². The van der Waals surface area contributed by atoms with Crippen molar-refractivity contribution in [2.24, 2.45) is 0 Å². The van der Waals surface area contributed by atoms with E-state index in [4.69, 9.17) is 16.3 Å². The first-order valence-electron chi connectivity index (χ1n) is 9.53. The summed E-state index contributed by atoms with van der Waals surface area (Å²) in [5.74, 6) is -0.680. The fourth-order valence-electron chi connectivity index (χ4n) is 3.24. The minimum Gasteiger partial charge on any atom is -0.490 e. The molecule has 3 aromatic rings. The maximum absolute atomic E-state index is 11.2. The lowest BCUT2D eigenvalue weighted by Gasteiger charge is -2.13. The Morgan fingerprint density at radius 3 is 2.23 bits per heavy atom. The highest BCUT2D eigenvalue weighted by molar-refractivity contribution is 9.10. The SMILES string of the molecule is Cc1cc(OCC=C(c2ccc(Cl)cc2)c2ccc(Br)cc2)ccc1C(C)C(=O)O. The molecule has 5 heteroatoms. The Kier molecular flexibility index (Phi) is 7.35. The van der Waals surface area contributed by atoms with E-state index in [0.717, 1.165) is 32.3 Å². The van der Waals surface area contributed by atoms with Crippen molar-refractivity contribution in [2.45, 2.75) is 19.8 Å². The van der Waals surface area contributed by atoms with Crippen LogP contribution in [-0.4, -0.2) is 17.7 Å². The summed E-state index contributed by atoms with van der Waals surface area (Å²) in [6.07, 6.45) is 2.04. The summed E-state index contributed by atoms with van der Waals surface area (Å²) in [5.41, 5.74) is 4.87. The maximum Gasteiger partial charge on any atom is 0.310 e. The Hall–Kier alpha value is -2.56. The molecule has 0 radical (unpaired) electrons. The van der Waals surface area contributed by atoms with Gasteiger partial charge in [-0.15, -0.1) is 0 Å². The number of hydrogen-bond acceptors (Lipinski definition) is 2. The lowest BCUT2D eigenvalue weighted by molar-refractivity contribution is -0.138. The molecule has 1 unspecified atom stereocenters. The van der Waals surface area contributed by atoms with Crippen molar-refractivity contribution in [2.75, 3.05) is 6.61 Å². The topological polar surface area (TPSA) is 46.5 Å². The summed E-state index contributed by atoms with van der Waals surface area (Å²) in [6, 6.07) is 21.4. The molecular weight excluding hydrogens is 464 g/mol. The van der Waals surface area contributed by atoms with Gasteiger partial charge in [0.25, 0.3) is 0 Å². The van der Waals surface area contributed by atoms with Crippen molar-refractivity contribution in [1.82, 2.24) is 0 Å². The number of hydrogen-bond donors (Lipinski definition) is 1. The number of carboxylic acids is 1. The molecule has 3 nitrogen and oxygen atoms in total. The molecule has 1 N–H and O–H groups in total. The summed E-state index contributed by atoms with van der Waals surface area (Å²) in [7, 11) is 0. The molecule has 0 amide bonds. The summed E-state index contributed by atoms with van der Waals surface area (Å²) < 4.78 is 6.96. The summed E-state index contributed by atoms with van der Waals surface area (Å²) in [5, 5.41) is 9.92. The number of carbonyl (C=O) groups is 1. The number of aryl methyl sites for hydroxylation is 1. The first-order chi connectivity index (χ1) is 14.3. The van der Waals surface area contributed by atoms with Gasteiger partial charge in [-0.1, -0.05) is 57.9 Å². The van der Waals surface area contributed by atoms with Gasteiger partial charge in [0.15, 0.2) is 0 Å². The monoisotopic (exact) mass is 484 g/mol. The van der Waals surface area contributed by atoms with Crippen LogP contribution in [0.2, 0.25) is 5.02 Å². The van der Waals surface area contributed by atoms with Crippen molar-refractivity contribution in [3.63, 3.8) is 0 Å². The van der Waals surface area contributed by atoms with Gasteiger partial charge in [0.1, 0.15) is 12.4 Å². The van der Waals surface area contributed by atoms with Crippen LogP contribution >= 0.6 is 27.5 Å². The highest BCUT2D eigenvalue weighted by Gasteiger charge is 2.16. The predicted octanol–water partition coefficient (Wildman–Crippen LogP) is 7.11. The van der Waals surface area contributed by atoms with E-state index in [0.29, 0.717) is 17.4 Å². The molecule has 30 heavy (non-hydrogen) atoms. The first kappa shape index (κ1) is 22.1. The standard InChI is InChI=1S/C25H22BrClO3/c1-16-15-22(11-12-23(16)17(2)25(28)29)30-14-13-24(18-3-7-20(26)8-4-18)19-5-9-21(27)10-6-19/h3-13,15,17H,14H2,1-2H3,(H,28,29). The molecule has 0 spiro atoms. The molecular formula is C25H22BrClO3. The lowest BCUT2D eigenvalue weighted by Crippen LogP contribution is -2.09. The Bertz CT molecular complexity index is 1010. The van der Waals surface area contributed by atoms with Crippen LogP contribution in [0.4, 0.5) is 0 Å². The predicted molar refractivity (Wildman–Crippen MR) is 125 cm³/mol. The van der Waals surface area contributed by atoms with E-state index in [1.807, 2.05) is 67.6 Å². The molecule has 0 aliphatic carbocycles. The molecule has 0 saturated carbocycles. The largest absolute Gasteiger partial charge is 0.490 e. The van der Waals surface area contributed by atoms with Crippen LogP contribution in [0.3, 0.4) is 0 Å². The van der Waals surface area contributed by atoms with Gasteiger partial charge in [0, 0.05) is 9.50 Å². The van der Waals surface area contributed by atoms with E-state index in [-0.39, 0.29) is 0 Å². The van der Waals surface area contributed by atoms with Crippen LogP contribution in [0.25, 0.3) is 5.57 Å². The second kappa shape index (κ2) is 9.96. The fraction of sp³-hybridized carbons (Fsp3) is 0.160. The van der Waals surface area contributed by atoms with Gasteiger partial charge in [-0.2, -0.15) is 0 Å². The number of carboxylic acid groups (broad SMARTS) is 1. The third kappa shape index (κ3) is 5.53. The lowest BCUT2D eigenvalue weighted by atomic mass is 9.96. The van der Waals surface area contributed by atoms with E-state index >= 15 is 0 Å². The van der Waals surface area contributed by atoms with Crippen molar-refractivity contribution in [3.05, 3.63) is 105 Å². The Morgan fingerprint density at radius 2 is 1.67 bits per heavy atom. The number of halogens is 2. The van der Waals surface area contributed by atoms with Gasteiger partial charge in [-0.05, 0) is 84.1 Å². The zero-order valence-electron chi connectivity index (χ0n) is 16.7. The molecule has 0 aromatic heterocycles. The number of ether oxygens (including phenoxy) is 1. The van der Waals surface area contributed by atoms with Crippen molar-refractivity contribution in [3.8, 4) is 5.75 Å². The third-order valence-electron chi connectivity index (χ3n) is 4.93. The summed E-state index contributed by atoms with van der Waals surface area (Å²) >= 11 is 9.53. The normalized spacial score (nSPS) is 12.5. The van der Waals surface area contributed by atoms with E-state index in [1.54, 1.807) is 6.92 Å². The number of rotatable bonds is 7. The average molecular weight is 486 g/mol. The third-order valence-corrected chi connectivity index (χ3v) is 5.71. The fourth-order valence-corrected chi connectivity index (χ4v) is 3.63. The molecule has 0 bridgehead atoms. The van der Waals surface area contributed by atoms with Crippen LogP contribution in [0.1, 0.15) is 35.1 Å². The molecule has 0 aliphatic rings. The van der Waals surface area contributed by atoms with Gasteiger partial charge in [-0.25, -0.2) is 0 Å². The number of aliphatic carboxylic acids is 1. The minimum atomic E-state index is -0.836. The Labute approximate surface area is 190 Å². The molecule has 154 valence electrons. The van der Waals surface area contributed by atoms with Crippen LogP contribution in [0, 0.1) is 6.92 Å². The highest BCUT2D eigenvalue weighted by atomic mass is 79.9. The van der Waals surface area contributed by atoms with Gasteiger partial charge in [0.2, 0.25) is 0 Å². The first-order valence-corrected chi connectivity index (χ1v) is 10.7. The second-order valence-corrected chi connectivity index (χ2v) is 8.37. The van der Waals surface area contributed by atoms with E-state index in [1.165, 1.54) is 0 Å². The quantitative estimate of drug-likeness (QED) is 0.388. The van der Waals surface area contributed by atoms with Gasteiger partial charge in [0.05, 0.1) is 5.92 Å². The van der Waals surface area contributed by atoms with E-state index < -0.39 is 11.9 Å². The smallest absolute Gasteiger partial charge is 0.310 e. The van der Waals surface area contributed by atoms with Gasteiger partial charge in [-0.3, -0.25) is 4.79 Å². The van der Waals surface area contributed by atoms with Crippen molar-refractivity contribution < 1.29 is 14.6 Å². The zero-order valence-corrected chi connectivity index (χ0v) is 19.1. The van der Waals surface area contributed by atoms with Crippen LogP contribution in [-0.2, 0) is 4.79 Å². The molecule has 0 fully saturated rings. The zero-order chi connectivity index (χ0) is 21.7. The highest BCUT2D eigenvalue weighted by Crippen LogP contribution is 2.27. The van der Waals surface area contributed by atoms with Crippen molar-refractivity contribution in [1.29, 1.82) is 0 Å². The van der Waals surface area contributed by atoms with E-state index in [9.17, 15) is 9.90 Å².